The normalized spacial score (nSPS) is 11.4. The van der Waals surface area contributed by atoms with Gasteiger partial charge in [0.2, 0.25) is 0 Å². The molecule has 150 valence electrons. The van der Waals surface area contributed by atoms with Gasteiger partial charge in [-0.1, -0.05) is 47.6 Å². The quantitative estimate of drug-likeness (QED) is 0.319. The van der Waals surface area contributed by atoms with Crippen molar-refractivity contribution in [1.29, 1.82) is 0 Å². The van der Waals surface area contributed by atoms with E-state index in [0.717, 1.165) is 50.6 Å². The Morgan fingerprint density at radius 3 is 2.50 bits per heavy atom. The molecule has 1 heterocycles. The van der Waals surface area contributed by atoms with E-state index in [0.29, 0.717) is 0 Å². The Kier molecular flexibility index (Phi) is 5.61. The minimum absolute atomic E-state index is 0.789. The van der Waals surface area contributed by atoms with Gasteiger partial charge in [-0.3, -0.25) is 0 Å². The molecule has 1 N–H and O–H groups in total. The average Bonchev–Trinajstić information content (AvgIpc) is 2.79. The summed E-state index contributed by atoms with van der Waals surface area (Å²) in [7, 11) is 3.22. The maximum atomic E-state index is 5.43. The van der Waals surface area contributed by atoms with Crippen molar-refractivity contribution in [2.75, 3.05) is 19.5 Å². The highest BCUT2D eigenvalue weighted by molar-refractivity contribution is 6.00. The zero-order chi connectivity index (χ0) is 20.9. The number of ether oxygens (including phenoxy) is 1. The number of aromatic nitrogens is 1. The van der Waals surface area contributed by atoms with Gasteiger partial charge in [-0.05, 0) is 43.3 Å². The van der Waals surface area contributed by atoms with Gasteiger partial charge in [-0.2, -0.15) is 0 Å². The maximum absolute atomic E-state index is 5.43. The number of oxime groups is 1. The van der Waals surface area contributed by atoms with Gasteiger partial charge in [0.1, 0.15) is 12.9 Å². The lowest BCUT2D eigenvalue weighted by molar-refractivity contribution is 0.213. The molecule has 0 spiro atoms. The number of hydrogen-bond acceptors (Lipinski definition) is 5. The highest BCUT2D eigenvalue weighted by atomic mass is 16.6. The Morgan fingerprint density at radius 2 is 1.73 bits per heavy atom. The SMILES string of the molecule is CO/N=C(\C)c1cccc(Nc2cc(-c3ccccc3)nc3ccc(OC)cc23)c1. The molecule has 0 unspecified atom stereocenters. The lowest BCUT2D eigenvalue weighted by atomic mass is 10.1. The van der Waals surface area contributed by atoms with Crippen LogP contribution in [0.4, 0.5) is 11.4 Å². The van der Waals surface area contributed by atoms with Gasteiger partial charge in [-0.15, -0.1) is 0 Å². The first-order valence-corrected chi connectivity index (χ1v) is 9.67. The van der Waals surface area contributed by atoms with Crippen molar-refractivity contribution in [1.82, 2.24) is 4.98 Å². The molecule has 5 heteroatoms. The molecule has 0 aliphatic carbocycles. The predicted molar refractivity (Wildman–Crippen MR) is 123 cm³/mol. The van der Waals surface area contributed by atoms with Gasteiger partial charge >= 0.3 is 0 Å². The Balaban J connectivity index is 1.82. The van der Waals surface area contributed by atoms with Gasteiger partial charge in [0.25, 0.3) is 0 Å². The first-order chi connectivity index (χ1) is 14.7. The first-order valence-electron chi connectivity index (χ1n) is 9.67. The summed E-state index contributed by atoms with van der Waals surface area (Å²) in [5, 5.41) is 8.57. The van der Waals surface area contributed by atoms with Crippen LogP contribution in [0.2, 0.25) is 0 Å². The molecule has 0 atom stereocenters. The van der Waals surface area contributed by atoms with E-state index in [4.69, 9.17) is 14.6 Å². The van der Waals surface area contributed by atoms with Crippen molar-refractivity contribution in [3.05, 3.63) is 84.4 Å². The number of nitrogens with zero attached hydrogens (tertiary/aromatic N) is 2. The van der Waals surface area contributed by atoms with E-state index >= 15 is 0 Å². The number of nitrogens with one attached hydrogen (secondary N) is 1. The van der Waals surface area contributed by atoms with Crippen LogP contribution in [0.3, 0.4) is 0 Å². The van der Waals surface area contributed by atoms with Crippen molar-refractivity contribution in [3.8, 4) is 17.0 Å². The smallest absolute Gasteiger partial charge is 0.119 e. The lowest BCUT2D eigenvalue weighted by Gasteiger charge is -2.14. The van der Waals surface area contributed by atoms with Crippen molar-refractivity contribution in [3.63, 3.8) is 0 Å². The van der Waals surface area contributed by atoms with Crippen LogP contribution in [0.25, 0.3) is 22.2 Å². The fourth-order valence-corrected chi connectivity index (χ4v) is 3.36. The van der Waals surface area contributed by atoms with Crippen LogP contribution in [-0.4, -0.2) is 24.9 Å². The molecular weight excluding hydrogens is 374 g/mol. The second kappa shape index (κ2) is 8.66. The van der Waals surface area contributed by atoms with Crippen LogP contribution in [0.1, 0.15) is 12.5 Å². The van der Waals surface area contributed by atoms with Crippen LogP contribution in [0.15, 0.2) is 84.0 Å². The monoisotopic (exact) mass is 397 g/mol. The fraction of sp³-hybridized carbons (Fsp3) is 0.120. The second-order valence-corrected chi connectivity index (χ2v) is 6.87. The molecule has 1 aromatic heterocycles. The minimum Gasteiger partial charge on any atom is -0.497 e. The number of benzene rings is 3. The summed E-state index contributed by atoms with van der Waals surface area (Å²) in [4.78, 5) is 9.77. The number of fused-ring (bicyclic) bond motifs is 1. The van der Waals surface area contributed by atoms with Gasteiger partial charge < -0.3 is 14.9 Å². The van der Waals surface area contributed by atoms with E-state index in [2.05, 4.69) is 28.7 Å². The van der Waals surface area contributed by atoms with Gasteiger partial charge in [0.05, 0.1) is 29.7 Å². The summed E-state index contributed by atoms with van der Waals surface area (Å²) in [5.41, 5.74) is 6.57. The molecule has 4 aromatic rings. The minimum atomic E-state index is 0.789. The van der Waals surface area contributed by atoms with E-state index in [1.54, 1.807) is 14.2 Å². The molecule has 0 radical (unpaired) electrons. The summed E-state index contributed by atoms with van der Waals surface area (Å²) in [6.07, 6.45) is 0. The average molecular weight is 397 g/mol. The first kappa shape index (κ1) is 19.5. The fourth-order valence-electron chi connectivity index (χ4n) is 3.36. The van der Waals surface area contributed by atoms with Crippen LogP contribution in [0.5, 0.6) is 5.75 Å². The van der Waals surface area contributed by atoms with Crippen LogP contribution < -0.4 is 10.1 Å². The third kappa shape index (κ3) is 4.10. The van der Waals surface area contributed by atoms with Gasteiger partial charge in [-0.25, -0.2) is 4.98 Å². The van der Waals surface area contributed by atoms with Crippen molar-refractivity contribution < 1.29 is 9.57 Å². The van der Waals surface area contributed by atoms with Crippen molar-refractivity contribution in [2.24, 2.45) is 5.16 Å². The summed E-state index contributed by atoms with van der Waals surface area (Å²) in [6, 6.07) is 26.2. The van der Waals surface area contributed by atoms with E-state index in [9.17, 15) is 0 Å². The molecule has 0 saturated heterocycles. The predicted octanol–water partition coefficient (Wildman–Crippen LogP) is 6.02. The highest BCUT2D eigenvalue weighted by Crippen LogP contribution is 2.33. The largest absolute Gasteiger partial charge is 0.497 e. The Hall–Kier alpha value is -3.86. The van der Waals surface area contributed by atoms with Gasteiger partial charge in [0, 0.05) is 22.2 Å². The Labute approximate surface area is 176 Å². The van der Waals surface area contributed by atoms with Crippen LogP contribution in [-0.2, 0) is 4.84 Å². The molecule has 0 bridgehead atoms. The third-order valence-electron chi connectivity index (χ3n) is 4.87. The number of hydrogen-bond donors (Lipinski definition) is 1. The van der Waals surface area contributed by atoms with E-state index in [-0.39, 0.29) is 0 Å². The van der Waals surface area contributed by atoms with Crippen LogP contribution >= 0.6 is 0 Å². The van der Waals surface area contributed by atoms with E-state index < -0.39 is 0 Å². The molecular formula is C25H23N3O2. The van der Waals surface area contributed by atoms with E-state index in [1.807, 2.05) is 67.6 Å². The summed E-state index contributed by atoms with van der Waals surface area (Å²) in [6.45, 7) is 1.92. The number of pyridine rings is 1. The molecule has 5 nitrogen and oxygen atoms in total. The molecule has 4 rings (SSSR count). The highest BCUT2D eigenvalue weighted by Gasteiger charge is 2.10. The molecule has 30 heavy (non-hydrogen) atoms. The molecule has 3 aromatic carbocycles. The topological polar surface area (TPSA) is 55.7 Å². The van der Waals surface area contributed by atoms with Crippen molar-refractivity contribution >= 4 is 28.0 Å². The standard InChI is InChI=1S/C25H23N3O2/c1-17(28-30-3)19-10-7-11-20(14-19)26-25-16-24(18-8-5-4-6-9-18)27-23-13-12-21(29-2)15-22(23)25/h4-16H,1-3H3,(H,26,27)/b28-17+. The zero-order valence-electron chi connectivity index (χ0n) is 17.2. The lowest BCUT2D eigenvalue weighted by Crippen LogP contribution is -1.99. The van der Waals surface area contributed by atoms with Crippen LogP contribution in [0, 0.1) is 0 Å². The number of rotatable bonds is 6. The molecule has 0 saturated carbocycles. The Bertz CT molecular complexity index is 1200. The summed E-state index contributed by atoms with van der Waals surface area (Å²) >= 11 is 0. The second-order valence-electron chi connectivity index (χ2n) is 6.87. The zero-order valence-corrected chi connectivity index (χ0v) is 17.2. The summed E-state index contributed by atoms with van der Waals surface area (Å²) in [5.74, 6) is 0.789. The van der Waals surface area contributed by atoms with Gasteiger partial charge in [0.15, 0.2) is 0 Å². The van der Waals surface area contributed by atoms with Crippen molar-refractivity contribution in [2.45, 2.75) is 6.92 Å². The molecule has 0 amide bonds. The molecule has 0 aliphatic heterocycles. The Morgan fingerprint density at radius 1 is 0.900 bits per heavy atom. The molecule has 0 aliphatic rings. The third-order valence-corrected chi connectivity index (χ3v) is 4.87. The maximum Gasteiger partial charge on any atom is 0.119 e. The molecule has 0 fully saturated rings. The summed E-state index contributed by atoms with van der Waals surface area (Å²) < 4.78 is 5.43. The van der Waals surface area contributed by atoms with E-state index in [1.165, 1.54) is 0 Å². The number of anilines is 2. The number of methoxy groups -OCH3 is 1.